The molecule has 0 spiro atoms. The minimum atomic E-state index is -4.29. The Morgan fingerprint density at radius 1 is 1.11 bits per heavy atom. The first-order chi connectivity index (χ1) is 17.5. The Hall–Kier alpha value is -2.93. The fourth-order valence-corrected chi connectivity index (χ4v) is 6.43. The van der Waals surface area contributed by atoms with Crippen LogP contribution in [0.15, 0.2) is 36.7 Å². The summed E-state index contributed by atoms with van der Waals surface area (Å²) >= 11 is 1.02. The Kier molecular flexibility index (Phi) is 8.22. The van der Waals surface area contributed by atoms with E-state index < -0.39 is 22.6 Å². The van der Waals surface area contributed by atoms with Gasteiger partial charge in [-0.1, -0.05) is 25.5 Å². The molecule has 1 saturated heterocycles. The largest absolute Gasteiger partial charge is 0.393 e. The SMILES string of the molecule is CCCCS(=O)(=O)Nc1ccc(CC(=O)N2CCN(c3ncnc4sc(CC(F)(F)F)cc34)CC2)cc1. The molecule has 0 bridgehead atoms. The minimum absolute atomic E-state index is 0.0493. The van der Waals surface area contributed by atoms with Crippen molar-refractivity contribution >= 4 is 49.0 Å². The number of hydrogen-bond donors (Lipinski definition) is 1. The van der Waals surface area contributed by atoms with Gasteiger partial charge in [-0.3, -0.25) is 9.52 Å². The Bertz CT molecular complexity index is 1340. The van der Waals surface area contributed by atoms with Crippen molar-refractivity contribution in [1.29, 1.82) is 0 Å². The number of piperazine rings is 1. The predicted octanol–water partition coefficient (Wildman–Crippen LogP) is 4.23. The number of thiophene rings is 1. The fraction of sp³-hybridized carbons (Fsp3) is 0.458. The molecule has 1 aliphatic rings. The predicted molar refractivity (Wildman–Crippen MR) is 138 cm³/mol. The molecule has 1 amide bonds. The Morgan fingerprint density at radius 3 is 2.46 bits per heavy atom. The number of nitrogens with zero attached hydrogens (tertiary/aromatic N) is 4. The quantitative estimate of drug-likeness (QED) is 0.425. The van der Waals surface area contributed by atoms with Gasteiger partial charge in [-0.2, -0.15) is 13.2 Å². The molecule has 2 aromatic heterocycles. The third-order valence-corrected chi connectivity index (χ3v) is 8.43. The maximum Gasteiger partial charge on any atom is 0.393 e. The van der Waals surface area contributed by atoms with Crippen molar-refractivity contribution in [3.63, 3.8) is 0 Å². The zero-order chi connectivity index (χ0) is 26.6. The van der Waals surface area contributed by atoms with Crippen LogP contribution in [0, 0.1) is 0 Å². The van der Waals surface area contributed by atoms with Crippen LogP contribution in [-0.4, -0.2) is 67.3 Å². The summed E-state index contributed by atoms with van der Waals surface area (Å²) in [4.78, 5) is 25.7. The lowest BCUT2D eigenvalue weighted by molar-refractivity contribution is -0.130. The third kappa shape index (κ3) is 7.31. The Balaban J connectivity index is 1.33. The minimum Gasteiger partial charge on any atom is -0.352 e. The number of carbonyl (C=O) groups is 1. The van der Waals surface area contributed by atoms with Crippen LogP contribution in [0.2, 0.25) is 0 Å². The summed E-state index contributed by atoms with van der Waals surface area (Å²) in [5, 5.41) is 0.594. The van der Waals surface area contributed by atoms with Crippen molar-refractivity contribution in [3.8, 4) is 0 Å². The number of aromatic nitrogens is 2. The number of nitrogens with one attached hydrogen (secondary N) is 1. The lowest BCUT2D eigenvalue weighted by Crippen LogP contribution is -2.49. The van der Waals surface area contributed by atoms with Crippen LogP contribution < -0.4 is 9.62 Å². The monoisotopic (exact) mass is 555 g/mol. The van der Waals surface area contributed by atoms with E-state index in [-0.39, 0.29) is 23.0 Å². The highest BCUT2D eigenvalue weighted by atomic mass is 32.2. The summed E-state index contributed by atoms with van der Waals surface area (Å²) in [6.45, 7) is 3.84. The number of fused-ring (bicyclic) bond motifs is 1. The lowest BCUT2D eigenvalue weighted by Gasteiger charge is -2.35. The van der Waals surface area contributed by atoms with Gasteiger partial charge >= 0.3 is 6.18 Å². The summed E-state index contributed by atoms with van der Waals surface area (Å²) in [5.41, 5.74) is 1.24. The van der Waals surface area contributed by atoms with E-state index in [2.05, 4.69) is 14.7 Å². The number of amides is 1. The molecule has 1 N–H and O–H groups in total. The molecular weight excluding hydrogens is 527 g/mol. The van der Waals surface area contributed by atoms with Crippen molar-refractivity contribution in [3.05, 3.63) is 47.1 Å². The van der Waals surface area contributed by atoms with E-state index in [1.54, 1.807) is 29.2 Å². The van der Waals surface area contributed by atoms with Crippen LogP contribution in [0.4, 0.5) is 24.7 Å². The number of alkyl halides is 3. The molecule has 1 aromatic carbocycles. The van der Waals surface area contributed by atoms with Gasteiger partial charge in [0.05, 0.1) is 24.0 Å². The number of benzene rings is 1. The van der Waals surface area contributed by atoms with Gasteiger partial charge in [0.1, 0.15) is 17.0 Å². The average Bonchev–Trinajstić information content (AvgIpc) is 3.25. The van der Waals surface area contributed by atoms with E-state index in [4.69, 9.17) is 0 Å². The van der Waals surface area contributed by atoms with Crippen LogP contribution in [0.5, 0.6) is 0 Å². The third-order valence-electron chi connectivity index (χ3n) is 6.02. The van der Waals surface area contributed by atoms with Gasteiger partial charge in [0.2, 0.25) is 15.9 Å². The molecule has 8 nitrogen and oxygen atoms in total. The molecule has 0 aliphatic carbocycles. The summed E-state index contributed by atoms with van der Waals surface area (Å²) < 4.78 is 65.1. The highest BCUT2D eigenvalue weighted by Crippen LogP contribution is 2.34. The molecule has 4 rings (SSSR count). The molecule has 200 valence electrons. The van der Waals surface area contributed by atoms with Crippen molar-refractivity contribution in [2.75, 3.05) is 41.6 Å². The van der Waals surface area contributed by atoms with Crippen LogP contribution >= 0.6 is 11.3 Å². The van der Waals surface area contributed by atoms with Gasteiger partial charge in [0, 0.05) is 36.7 Å². The molecule has 1 fully saturated rings. The summed E-state index contributed by atoms with van der Waals surface area (Å²) in [5.74, 6) is 0.600. The Labute approximate surface area is 217 Å². The van der Waals surface area contributed by atoms with Gasteiger partial charge in [0.15, 0.2) is 0 Å². The van der Waals surface area contributed by atoms with Crippen LogP contribution in [-0.2, 0) is 27.7 Å². The maximum atomic E-state index is 12.9. The number of sulfonamides is 1. The molecule has 0 saturated carbocycles. The zero-order valence-corrected chi connectivity index (χ0v) is 21.9. The van der Waals surface area contributed by atoms with Crippen molar-refractivity contribution in [1.82, 2.24) is 14.9 Å². The van der Waals surface area contributed by atoms with Gasteiger partial charge < -0.3 is 9.80 Å². The second kappa shape index (κ2) is 11.2. The zero-order valence-electron chi connectivity index (χ0n) is 20.3. The smallest absolute Gasteiger partial charge is 0.352 e. The average molecular weight is 556 g/mol. The molecular formula is C24H28F3N5O3S2. The van der Waals surface area contributed by atoms with Crippen molar-refractivity contribution < 1.29 is 26.4 Å². The normalized spacial score (nSPS) is 14.8. The molecule has 0 unspecified atom stereocenters. The van der Waals surface area contributed by atoms with Crippen molar-refractivity contribution in [2.45, 2.75) is 38.8 Å². The second-order valence-corrected chi connectivity index (χ2v) is 11.9. The van der Waals surface area contributed by atoms with Gasteiger partial charge in [-0.05, 0) is 30.2 Å². The summed E-state index contributed by atoms with van der Waals surface area (Å²) in [6.07, 6.45) is -2.37. The van der Waals surface area contributed by atoms with Gasteiger partial charge in [-0.25, -0.2) is 18.4 Å². The highest BCUT2D eigenvalue weighted by molar-refractivity contribution is 7.92. The number of halogens is 3. The summed E-state index contributed by atoms with van der Waals surface area (Å²) in [7, 11) is -3.39. The number of carbonyl (C=O) groups excluding carboxylic acids is 1. The first-order valence-corrected chi connectivity index (χ1v) is 14.4. The van der Waals surface area contributed by atoms with Gasteiger partial charge in [-0.15, -0.1) is 11.3 Å². The summed E-state index contributed by atoms with van der Waals surface area (Å²) in [6, 6.07) is 8.28. The molecule has 13 heteroatoms. The first-order valence-electron chi connectivity index (χ1n) is 12.0. The number of unbranched alkanes of at least 4 members (excludes halogenated alkanes) is 1. The standard InChI is InChI=1S/C24H28F3N5O3S2/c1-2-3-12-37(34,35)30-18-6-4-17(5-7-18)13-21(33)31-8-10-32(11-9-31)22-20-14-19(15-24(25,26)27)36-23(20)29-16-28-22/h4-7,14,16,30H,2-3,8-13,15H2,1H3. The maximum absolute atomic E-state index is 12.9. The molecule has 0 radical (unpaired) electrons. The van der Waals surface area contributed by atoms with Crippen molar-refractivity contribution in [2.24, 2.45) is 0 Å². The van der Waals surface area contributed by atoms with Crippen LogP contribution in [0.1, 0.15) is 30.2 Å². The Morgan fingerprint density at radius 2 is 1.81 bits per heavy atom. The fourth-order valence-electron chi connectivity index (χ4n) is 4.14. The van der Waals surface area contributed by atoms with E-state index >= 15 is 0 Å². The molecule has 37 heavy (non-hydrogen) atoms. The van der Waals surface area contributed by atoms with E-state index in [0.717, 1.165) is 23.3 Å². The molecule has 3 aromatic rings. The van der Waals surface area contributed by atoms with Crippen LogP contribution in [0.3, 0.4) is 0 Å². The van der Waals surface area contributed by atoms with E-state index in [0.29, 0.717) is 54.3 Å². The highest BCUT2D eigenvalue weighted by Gasteiger charge is 2.30. The van der Waals surface area contributed by atoms with E-state index in [1.807, 2.05) is 11.8 Å². The topological polar surface area (TPSA) is 95.5 Å². The van der Waals surface area contributed by atoms with E-state index in [9.17, 15) is 26.4 Å². The van der Waals surface area contributed by atoms with E-state index in [1.165, 1.54) is 12.4 Å². The number of anilines is 2. The molecule has 1 aliphatic heterocycles. The van der Waals surface area contributed by atoms with Gasteiger partial charge in [0.25, 0.3) is 0 Å². The lowest BCUT2D eigenvalue weighted by atomic mass is 10.1. The number of hydrogen-bond acceptors (Lipinski definition) is 7. The first kappa shape index (κ1) is 27.1. The van der Waals surface area contributed by atoms with Crippen LogP contribution in [0.25, 0.3) is 10.2 Å². The molecule has 0 atom stereocenters. The second-order valence-electron chi connectivity index (χ2n) is 8.94. The number of rotatable bonds is 9. The molecule has 3 heterocycles.